The molecule has 0 radical (unpaired) electrons. The first-order chi connectivity index (χ1) is 7.82. The molecule has 1 aromatic carbocycles. The molecule has 0 saturated carbocycles. The van der Waals surface area contributed by atoms with Crippen molar-refractivity contribution in [2.75, 3.05) is 0 Å². The van der Waals surface area contributed by atoms with Crippen LogP contribution in [0.3, 0.4) is 0 Å². The van der Waals surface area contributed by atoms with Crippen LogP contribution in [0, 0.1) is 10.1 Å². The summed E-state index contributed by atoms with van der Waals surface area (Å²) in [5.41, 5.74) is -1.68. The number of aromatic hydroxyl groups is 1. The second-order valence-corrected chi connectivity index (χ2v) is 2.78. The van der Waals surface area contributed by atoms with Crippen molar-refractivity contribution in [3.8, 4) is 11.5 Å². The van der Waals surface area contributed by atoms with E-state index in [9.17, 15) is 28.8 Å². The van der Waals surface area contributed by atoms with Gasteiger partial charge in [-0.05, 0) is 6.07 Å². The maximum atomic E-state index is 11.9. The molecule has 0 heterocycles. The number of nitro benzene ring substituents is 1. The number of alkyl halides is 2. The van der Waals surface area contributed by atoms with E-state index in [4.69, 9.17) is 5.11 Å². The summed E-state index contributed by atoms with van der Waals surface area (Å²) in [5, 5.41) is 28.3. The van der Waals surface area contributed by atoms with Crippen LogP contribution in [-0.2, 0) is 0 Å². The van der Waals surface area contributed by atoms with Crippen molar-refractivity contribution in [1.29, 1.82) is 0 Å². The molecule has 7 nitrogen and oxygen atoms in total. The molecule has 0 spiro atoms. The first-order valence-corrected chi connectivity index (χ1v) is 4.02. The summed E-state index contributed by atoms with van der Waals surface area (Å²) in [4.78, 5) is 19.9. The molecule has 0 aromatic heterocycles. The van der Waals surface area contributed by atoms with Gasteiger partial charge in [0.05, 0.1) is 10.5 Å². The predicted molar refractivity (Wildman–Crippen MR) is 48.4 cm³/mol. The summed E-state index contributed by atoms with van der Waals surface area (Å²) in [5.74, 6) is -3.70. The van der Waals surface area contributed by atoms with Gasteiger partial charge < -0.3 is 14.9 Å². The van der Waals surface area contributed by atoms with Gasteiger partial charge in [-0.3, -0.25) is 10.1 Å². The molecule has 0 aliphatic carbocycles. The third kappa shape index (κ3) is 2.77. The monoisotopic (exact) mass is 249 g/mol. The van der Waals surface area contributed by atoms with Gasteiger partial charge in [-0.2, -0.15) is 8.78 Å². The normalized spacial score (nSPS) is 10.3. The van der Waals surface area contributed by atoms with E-state index in [1.807, 2.05) is 0 Å². The Labute approximate surface area is 92.0 Å². The maximum absolute atomic E-state index is 11.9. The molecule has 0 bridgehead atoms. The van der Waals surface area contributed by atoms with Crippen LogP contribution in [0.4, 0.5) is 14.5 Å². The Morgan fingerprint density at radius 2 is 2.06 bits per heavy atom. The number of benzene rings is 1. The predicted octanol–water partition coefficient (Wildman–Crippen LogP) is 1.60. The molecule has 1 rings (SSSR count). The molecule has 92 valence electrons. The number of carboxylic acids is 1. The zero-order valence-electron chi connectivity index (χ0n) is 7.96. The average molecular weight is 249 g/mol. The fourth-order valence-electron chi connectivity index (χ4n) is 1.04. The average Bonchev–Trinajstić information content (AvgIpc) is 2.19. The van der Waals surface area contributed by atoms with E-state index in [1.165, 1.54) is 0 Å². The van der Waals surface area contributed by atoms with Gasteiger partial charge in [0, 0.05) is 6.07 Å². The van der Waals surface area contributed by atoms with Crippen molar-refractivity contribution in [3.05, 3.63) is 27.8 Å². The number of carboxylic acid groups (broad SMARTS) is 1. The van der Waals surface area contributed by atoms with Crippen molar-refractivity contribution in [1.82, 2.24) is 0 Å². The number of ether oxygens (including phenoxy) is 1. The lowest BCUT2D eigenvalue weighted by molar-refractivity contribution is -0.386. The van der Waals surface area contributed by atoms with E-state index in [1.54, 1.807) is 0 Å². The van der Waals surface area contributed by atoms with Gasteiger partial charge in [0.1, 0.15) is 0 Å². The van der Waals surface area contributed by atoms with Crippen LogP contribution in [-0.4, -0.2) is 27.7 Å². The van der Waals surface area contributed by atoms with Crippen molar-refractivity contribution in [3.63, 3.8) is 0 Å². The van der Waals surface area contributed by atoms with Crippen LogP contribution in [0.25, 0.3) is 0 Å². The van der Waals surface area contributed by atoms with Crippen molar-refractivity contribution in [2.45, 2.75) is 6.61 Å². The lowest BCUT2D eigenvalue weighted by atomic mass is 10.1. The number of carbonyl (C=O) groups is 1. The lowest BCUT2D eigenvalue weighted by Crippen LogP contribution is -2.05. The highest BCUT2D eigenvalue weighted by atomic mass is 19.3. The molecule has 1 aromatic rings. The van der Waals surface area contributed by atoms with E-state index in [2.05, 4.69) is 4.74 Å². The molecule has 0 aliphatic rings. The van der Waals surface area contributed by atoms with Gasteiger partial charge >= 0.3 is 18.3 Å². The van der Waals surface area contributed by atoms with Crippen molar-refractivity contribution in [2.24, 2.45) is 0 Å². The van der Waals surface area contributed by atoms with Crippen molar-refractivity contribution >= 4 is 11.7 Å². The van der Waals surface area contributed by atoms with E-state index in [0.717, 1.165) is 0 Å². The third-order valence-corrected chi connectivity index (χ3v) is 1.71. The first kappa shape index (κ1) is 12.6. The van der Waals surface area contributed by atoms with E-state index >= 15 is 0 Å². The second kappa shape index (κ2) is 4.60. The van der Waals surface area contributed by atoms with Crippen molar-refractivity contribution < 1.29 is 33.4 Å². The second-order valence-electron chi connectivity index (χ2n) is 2.78. The summed E-state index contributed by atoms with van der Waals surface area (Å²) >= 11 is 0. The Balaban J connectivity index is 3.37. The van der Waals surface area contributed by atoms with Gasteiger partial charge in [-0.25, -0.2) is 4.79 Å². The Hall–Kier alpha value is -2.45. The highest BCUT2D eigenvalue weighted by Gasteiger charge is 2.24. The van der Waals surface area contributed by atoms with Crippen LogP contribution < -0.4 is 4.74 Å². The summed E-state index contributed by atoms with van der Waals surface area (Å²) in [6.45, 7) is -3.34. The Kier molecular flexibility index (Phi) is 3.41. The number of halogens is 2. The number of aromatic carboxylic acids is 1. The summed E-state index contributed by atoms with van der Waals surface area (Å²) < 4.78 is 27.6. The molecule has 17 heavy (non-hydrogen) atoms. The fourth-order valence-corrected chi connectivity index (χ4v) is 1.04. The lowest BCUT2D eigenvalue weighted by Gasteiger charge is -2.07. The minimum atomic E-state index is -3.34. The van der Waals surface area contributed by atoms with E-state index < -0.39 is 40.3 Å². The smallest absolute Gasteiger partial charge is 0.387 e. The van der Waals surface area contributed by atoms with Crippen LogP contribution in [0.2, 0.25) is 0 Å². The van der Waals surface area contributed by atoms with Crippen LogP contribution in [0.5, 0.6) is 11.5 Å². The summed E-state index contributed by atoms with van der Waals surface area (Å²) in [6.07, 6.45) is 0. The molecule has 0 saturated heterocycles. The Bertz CT molecular complexity index is 475. The number of phenols is 1. The van der Waals surface area contributed by atoms with E-state index in [-0.39, 0.29) is 0 Å². The van der Waals surface area contributed by atoms with Crippen LogP contribution >= 0.6 is 0 Å². The molecule has 0 atom stereocenters. The molecule has 0 aliphatic heterocycles. The number of hydrogen-bond acceptors (Lipinski definition) is 5. The standard InChI is InChI=1S/C8H5F2NO6/c9-8(10)17-5-2-3(7(13)14)1-4(6(5)12)11(15)16/h1-2,8,12H,(H,13,14). The zero-order chi connectivity index (χ0) is 13.2. The minimum absolute atomic E-state index is 0.538. The third-order valence-electron chi connectivity index (χ3n) is 1.71. The van der Waals surface area contributed by atoms with Crippen LogP contribution in [0.15, 0.2) is 12.1 Å². The SMILES string of the molecule is O=C(O)c1cc(OC(F)F)c(O)c([N+](=O)[O-])c1. The van der Waals surface area contributed by atoms with Gasteiger partial charge in [-0.15, -0.1) is 0 Å². The fraction of sp³-hybridized carbons (Fsp3) is 0.125. The number of nitro groups is 1. The first-order valence-electron chi connectivity index (χ1n) is 4.02. The molecule has 0 amide bonds. The van der Waals surface area contributed by atoms with Gasteiger partial charge in [0.2, 0.25) is 5.75 Å². The molecule has 9 heteroatoms. The van der Waals surface area contributed by atoms with Gasteiger partial charge in [0.15, 0.2) is 5.75 Å². The maximum Gasteiger partial charge on any atom is 0.387 e. The quantitative estimate of drug-likeness (QED) is 0.619. The Morgan fingerprint density at radius 3 is 2.47 bits per heavy atom. The van der Waals surface area contributed by atoms with Crippen LogP contribution in [0.1, 0.15) is 10.4 Å². The van der Waals surface area contributed by atoms with Gasteiger partial charge in [0.25, 0.3) is 0 Å². The molecule has 0 fully saturated rings. The minimum Gasteiger partial charge on any atom is -0.500 e. The van der Waals surface area contributed by atoms with E-state index in [0.29, 0.717) is 12.1 Å². The largest absolute Gasteiger partial charge is 0.500 e. The Morgan fingerprint density at radius 1 is 1.47 bits per heavy atom. The molecule has 2 N–H and O–H groups in total. The summed E-state index contributed by atoms with van der Waals surface area (Å²) in [7, 11) is 0. The molecular weight excluding hydrogens is 244 g/mol. The number of nitrogens with zero attached hydrogens (tertiary/aromatic N) is 1. The number of rotatable bonds is 4. The topological polar surface area (TPSA) is 110 Å². The van der Waals surface area contributed by atoms with Gasteiger partial charge in [-0.1, -0.05) is 0 Å². The zero-order valence-corrected chi connectivity index (χ0v) is 7.96. The number of phenolic OH excluding ortho intramolecular Hbond substituents is 1. The molecular formula is C8H5F2NO6. The molecule has 0 unspecified atom stereocenters. The number of hydrogen-bond donors (Lipinski definition) is 2. The highest BCUT2D eigenvalue weighted by molar-refractivity contribution is 5.90. The highest BCUT2D eigenvalue weighted by Crippen LogP contribution is 2.37. The summed E-state index contributed by atoms with van der Waals surface area (Å²) in [6, 6.07) is 1.10.